The van der Waals surface area contributed by atoms with E-state index in [9.17, 15) is 0 Å². The van der Waals surface area contributed by atoms with Gasteiger partial charge < -0.3 is 15.2 Å². The second kappa shape index (κ2) is 5.80. The number of nitrogens with zero attached hydrogens (tertiary/aromatic N) is 1. The Morgan fingerprint density at radius 3 is 2.40 bits per heavy atom. The fraction of sp³-hybridized carbons (Fsp3) is 1.00. The van der Waals surface area contributed by atoms with Gasteiger partial charge in [-0.2, -0.15) is 0 Å². The Balaban J connectivity index is 2.75. The Hall–Kier alpha value is -0.160. The Labute approximate surface area is 92.7 Å². The lowest BCUT2D eigenvalue weighted by Crippen LogP contribution is -2.63. The molecule has 1 unspecified atom stereocenters. The summed E-state index contributed by atoms with van der Waals surface area (Å²) >= 11 is 0. The van der Waals surface area contributed by atoms with Gasteiger partial charge in [-0.15, -0.1) is 0 Å². The molecule has 2 N–H and O–H groups in total. The average molecular weight is 216 g/mol. The maximum absolute atomic E-state index is 5.96. The van der Waals surface area contributed by atoms with Gasteiger partial charge in [0.15, 0.2) is 0 Å². The third kappa shape index (κ3) is 2.69. The van der Waals surface area contributed by atoms with Crippen molar-refractivity contribution >= 4 is 0 Å². The summed E-state index contributed by atoms with van der Waals surface area (Å²) in [4.78, 5) is 2.42. The first-order chi connectivity index (χ1) is 7.17. The molecule has 0 aliphatic carbocycles. The van der Waals surface area contributed by atoms with Crippen LogP contribution in [0.3, 0.4) is 0 Å². The summed E-state index contributed by atoms with van der Waals surface area (Å²) in [6.45, 7) is 9.27. The highest BCUT2D eigenvalue weighted by Gasteiger charge is 2.39. The number of rotatable bonds is 5. The van der Waals surface area contributed by atoms with Gasteiger partial charge in [-0.1, -0.05) is 13.8 Å². The first-order valence-corrected chi connectivity index (χ1v) is 5.69. The van der Waals surface area contributed by atoms with E-state index in [4.69, 9.17) is 15.2 Å². The minimum Gasteiger partial charge on any atom is -0.383 e. The van der Waals surface area contributed by atoms with E-state index in [1.807, 2.05) is 0 Å². The van der Waals surface area contributed by atoms with Gasteiger partial charge in [0.05, 0.1) is 25.4 Å². The molecule has 0 saturated carbocycles. The van der Waals surface area contributed by atoms with E-state index in [0.717, 1.165) is 26.3 Å². The van der Waals surface area contributed by atoms with E-state index < -0.39 is 0 Å². The highest BCUT2D eigenvalue weighted by Crippen LogP contribution is 2.25. The topological polar surface area (TPSA) is 47.7 Å². The second-order valence-corrected chi connectivity index (χ2v) is 4.49. The van der Waals surface area contributed by atoms with E-state index in [2.05, 4.69) is 18.7 Å². The third-order valence-corrected chi connectivity index (χ3v) is 3.46. The highest BCUT2D eigenvalue weighted by molar-refractivity contribution is 4.95. The van der Waals surface area contributed by atoms with Crippen LogP contribution < -0.4 is 5.73 Å². The molecule has 15 heavy (non-hydrogen) atoms. The van der Waals surface area contributed by atoms with E-state index >= 15 is 0 Å². The molecule has 0 radical (unpaired) electrons. The molecule has 4 heteroatoms. The summed E-state index contributed by atoms with van der Waals surface area (Å²) in [7, 11) is 1.74. The molecule has 1 rings (SSSR count). The quantitative estimate of drug-likeness (QED) is 0.719. The van der Waals surface area contributed by atoms with Crippen LogP contribution >= 0.6 is 0 Å². The Morgan fingerprint density at radius 2 is 2.00 bits per heavy atom. The van der Waals surface area contributed by atoms with Gasteiger partial charge in [0, 0.05) is 26.7 Å². The van der Waals surface area contributed by atoms with Crippen molar-refractivity contribution in [2.24, 2.45) is 11.7 Å². The van der Waals surface area contributed by atoms with Crippen LogP contribution in [0.15, 0.2) is 0 Å². The summed E-state index contributed by atoms with van der Waals surface area (Å²) in [5.41, 5.74) is 5.93. The molecule has 0 aromatic heterocycles. The molecule has 0 amide bonds. The molecule has 0 aromatic carbocycles. The zero-order valence-corrected chi connectivity index (χ0v) is 10.2. The van der Waals surface area contributed by atoms with E-state index in [0.29, 0.717) is 19.1 Å². The molecule has 1 heterocycles. The molecule has 4 nitrogen and oxygen atoms in total. The van der Waals surface area contributed by atoms with Crippen molar-refractivity contribution in [1.29, 1.82) is 0 Å². The zero-order chi connectivity index (χ0) is 11.3. The van der Waals surface area contributed by atoms with Crippen molar-refractivity contribution in [2.75, 3.05) is 46.6 Å². The van der Waals surface area contributed by atoms with Crippen molar-refractivity contribution in [3.05, 3.63) is 0 Å². The predicted molar refractivity (Wildman–Crippen MR) is 60.9 cm³/mol. The van der Waals surface area contributed by atoms with Crippen LogP contribution in [0.1, 0.15) is 13.8 Å². The zero-order valence-electron chi connectivity index (χ0n) is 10.2. The lowest BCUT2D eigenvalue weighted by molar-refractivity contribution is -0.0679. The average Bonchev–Trinajstić information content (AvgIpc) is 2.26. The maximum Gasteiger partial charge on any atom is 0.0661 e. The van der Waals surface area contributed by atoms with Gasteiger partial charge >= 0.3 is 0 Å². The van der Waals surface area contributed by atoms with Gasteiger partial charge in [0.25, 0.3) is 0 Å². The van der Waals surface area contributed by atoms with Crippen LogP contribution in [0.25, 0.3) is 0 Å². The first kappa shape index (κ1) is 12.9. The fourth-order valence-electron chi connectivity index (χ4n) is 2.31. The van der Waals surface area contributed by atoms with Crippen molar-refractivity contribution in [3.63, 3.8) is 0 Å². The Morgan fingerprint density at radius 1 is 1.40 bits per heavy atom. The van der Waals surface area contributed by atoms with Crippen molar-refractivity contribution in [2.45, 2.75) is 19.4 Å². The minimum atomic E-state index is -0.0292. The number of nitrogens with two attached hydrogens (primary N) is 1. The van der Waals surface area contributed by atoms with Gasteiger partial charge in [0.1, 0.15) is 0 Å². The number of hydrogen-bond donors (Lipinski definition) is 1. The molecule has 90 valence electrons. The number of methoxy groups -OCH3 is 1. The van der Waals surface area contributed by atoms with E-state index in [1.165, 1.54) is 0 Å². The lowest BCUT2D eigenvalue weighted by atomic mass is 9.85. The molecule has 0 bridgehead atoms. The van der Waals surface area contributed by atoms with Crippen molar-refractivity contribution in [1.82, 2.24) is 4.90 Å². The molecule has 1 fully saturated rings. The minimum absolute atomic E-state index is 0.0292. The van der Waals surface area contributed by atoms with Gasteiger partial charge in [0.2, 0.25) is 0 Å². The van der Waals surface area contributed by atoms with Crippen LogP contribution in [0.4, 0.5) is 0 Å². The van der Waals surface area contributed by atoms with Crippen LogP contribution in [0.2, 0.25) is 0 Å². The first-order valence-electron chi connectivity index (χ1n) is 5.69. The van der Waals surface area contributed by atoms with Gasteiger partial charge in [-0.25, -0.2) is 0 Å². The number of ether oxygens (including phenoxy) is 2. The van der Waals surface area contributed by atoms with Crippen molar-refractivity contribution < 1.29 is 9.47 Å². The normalized spacial score (nSPS) is 23.0. The van der Waals surface area contributed by atoms with Crippen molar-refractivity contribution in [3.8, 4) is 0 Å². The number of morpholine rings is 1. The fourth-order valence-corrected chi connectivity index (χ4v) is 2.31. The third-order valence-electron chi connectivity index (χ3n) is 3.46. The molecule has 1 aliphatic rings. The standard InChI is InChI=1S/C11H24N2O2/c1-10(2)11(8-12,9-14-3)13-4-6-15-7-5-13/h10H,4-9,12H2,1-3H3. The largest absolute Gasteiger partial charge is 0.383 e. The lowest BCUT2D eigenvalue weighted by Gasteiger charge is -2.47. The molecular formula is C11H24N2O2. The molecule has 1 aliphatic heterocycles. The SMILES string of the molecule is COCC(CN)(C(C)C)N1CCOCC1. The summed E-state index contributed by atoms with van der Waals surface area (Å²) < 4.78 is 10.7. The molecule has 0 spiro atoms. The summed E-state index contributed by atoms with van der Waals surface area (Å²) in [5, 5.41) is 0. The van der Waals surface area contributed by atoms with Crippen LogP contribution in [0, 0.1) is 5.92 Å². The van der Waals surface area contributed by atoms with E-state index in [-0.39, 0.29) is 5.54 Å². The Kier molecular flexibility index (Phi) is 4.99. The molecule has 1 saturated heterocycles. The summed E-state index contributed by atoms with van der Waals surface area (Å²) in [6.07, 6.45) is 0. The molecule has 0 aromatic rings. The van der Waals surface area contributed by atoms with Gasteiger partial charge in [-0.05, 0) is 5.92 Å². The monoisotopic (exact) mass is 216 g/mol. The highest BCUT2D eigenvalue weighted by atomic mass is 16.5. The summed E-state index contributed by atoms with van der Waals surface area (Å²) in [5.74, 6) is 0.487. The van der Waals surface area contributed by atoms with E-state index in [1.54, 1.807) is 7.11 Å². The summed E-state index contributed by atoms with van der Waals surface area (Å²) in [6, 6.07) is 0. The van der Waals surface area contributed by atoms with Gasteiger partial charge in [-0.3, -0.25) is 4.90 Å². The van der Waals surface area contributed by atoms with Crippen LogP contribution in [-0.2, 0) is 9.47 Å². The van der Waals surface area contributed by atoms with Crippen LogP contribution in [-0.4, -0.2) is 57.0 Å². The smallest absolute Gasteiger partial charge is 0.0661 e. The Bertz CT molecular complexity index is 181. The predicted octanol–water partition coefficient (Wildman–Crippen LogP) is 0.319. The maximum atomic E-state index is 5.96. The second-order valence-electron chi connectivity index (χ2n) is 4.49. The number of hydrogen-bond acceptors (Lipinski definition) is 4. The van der Waals surface area contributed by atoms with Crippen LogP contribution in [0.5, 0.6) is 0 Å². The molecule has 1 atom stereocenters. The molecular weight excluding hydrogens is 192 g/mol.